The van der Waals surface area contributed by atoms with E-state index in [-0.39, 0.29) is 12.5 Å². The van der Waals surface area contributed by atoms with Crippen LogP contribution in [0.4, 0.5) is 5.69 Å². The van der Waals surface area contributed by atoms with Crippen LogP contribution in [0.5, 0.6) is 11.5 Å². The molecule has 1 saturated heterocycles. The van der Waals surface area contributed by atoms with Gasteiger partial charge in [-0.2, -0.15) is 0 Å². The van der Waals surface area contributed by atoms with Crippen LogP contribution in [0.3, 0.4) is 0 Å². The summed E-state index contributed by atoms with van der Waals surface area (Å²) >= 11 is 0. The fraction of sp³-hybridized carbons (Fsp3) is 0.370. The minimum atomic E-state index is -0.721. The molecule has 5 rings (SSSR count). The molecular formula is C27H30N2O4. The number of β-amino-alcohol motifs (C(OH)–C–C–N with tert-alkyl or cyclic N) is 1. The number of fused-ring (bicyclic) bond motifs is 2. The Hall–Kier alpha value is -3.25. The van der Waals surface area contributed by atoms with E-state index in [4.69, 9.17) is 9.47 Å². The highest BCUT2D eigenvalue weighted by molar-refractivity contribution is 5.88. The second-order valence-corrected chi connectivity index (χ2v) is 8.81. The fourth-order valence-corrected chi connectivity index (χ4v) is 4.74. The molecule has 0 spiro atoms. The van der Waals surface area contributed by atoms with Gasteiger partial charge >= 0.3 is 0 Å². The number of carbonyl (C=O) groups excluding carboxylic acids is 1. The molecule has 2 aliphatic rings. The van der Waals surface area contributed by atoms with Gasteiger partial charge in [0.15, 0.2) is 6.10 Å². The number of likely N-dealkylation sites (tertiary alicyclic amines) is 1. The van der Waals surface area contributed by atoms with Crippen LogP contribution in [0, 0.1) is 0 Å². The number of aliphatic hydroxyl groups excluding tert-OH is 1. The van der Waals surface area contributed by atoms with E-state index in [2.05, 4.69) is 0 Å². The molecule has 1 fully saturated rings. The molecule has 3 aromatic rings. The Kier molecular flexibility index (Phi) is 6.35. The number of benzene rings is 3. The second kappa shape index (κ2) is 9.71. The van der Waals surface area contributed by atoms with Crippen LogP contribution in [0.25, 0.3) is 10.8 Å². The Labute approximate surface area is 194 Å². The van der Waals surface area contributed by atoms with Crippen LogP contribution in [-0.4, -0.2) is 60.9 Å². The second-order valence-electron chi connectivity index (χ2n) is 8.81. The third-order valence-corrected chi connectivity index (χ3v) is 6.42. The molecule has 2 aliphatic heterocycles. The predicted octanol–water partition coefficient (Wildman–Crippen LogP) is 3.86. The fourth-order valence-electron chi connectivity index (χ4n) is 4.74. The normalized spacial score (nSPS) is 19.0. The van der Waals surface area contributed by atoms with E-state index in [1.807, 2.05) is 76.5 Å². The Morgan fingerprint density at radius 2 is 1.76 bits per heavy atom. The SMILES string of the molecule is O=C(C1CN(CC(O)COc2cccc3ccccc23)c2ccccc2O1)N1CCCCC1. The van der Waals surface area contributed by atoms with Gasteiger partial charge in [-0.15, -0.1) is 0 Å². The van der Waals surface area contributed by atoms with Gasteiger partial charge in [0, 0.05) is 25.0 Å². The predicted molar refractivity (Wildman–Crippen MR) is 129 cm³/mol. The van der Waals surface area contributed by atoms with E-state index in [0.29, 0.717) is 18.8 Å². The van der Waals surface area contributed by atoms with Crippen molar-refractivity contribution in [2.24, 2.45) is 0 Å². The number of piperidine rings is 1. The maximum absolute atomic E-state index is 13.1. The molecule has 1 amide bonds. The van der Waals surface area contributed by atoms with Gasteiger partial charge in [0.2, 0.25) is 0 Å². The van der Waals surface area contributed by atoms with Crippen LogP contribution in [-0.2, 0) is 4.79 Å². The number of nitrogens with zero attached hydrogens (tertiary/aromatic N) is 2. The third-order valence-electron chi connectivity index (χ3n) is 6.42. The van der Waals surface area contributed by atoms with Crippen molar-refractivity contribution in [2.75, 3.05) is 37.7 Å². The minimum absolute atomic E-state index is 0.0377. The molecule has 6 heteroatoms. The number of aliphatic hydroxyl groups is 1. The maximum Gasteiger partial charge on any atom is 0.265 e. The molecule has 0 radical (unpaired) electrons. The van der Waals surface area contributed by atoms with Crippen LogP contribution in [0.2, 0.25) is 0 Å². The zero-order chi connectivity index (χ0) is 22.6. The Balaban J connectivity index is 1.27. The summed E-state index contributed by atoms with van der Waals surface area (Å²) < 4.78 is 12.1. The van der Waals surface area contributed by atoms with Crippen LogP contribution >= 0.6 is 0 Å². The molecule has 2 heterocycles. The smallest absolute Gasteiger partial charge is 0.265 e. The topological polar surface area (TPSA) is 62.2 Å². The first-order chi connectivity index (χ1) is 16.2. The average molecular weight is 447 g/mol. The molecule has 3 aromatic carbocycles. The molecule has 6 nitrogen and oxygen atoms in total. The number of para-hydroxylation sites is 2. The van der Waals surface area contributed by atoms with Crippen molar-refractivity contribution in [2.45, 2.75) is 31.5 Å². The number of carbonyl (C=O) groups is 1. The van der Waals surface area contributed by atoms with Gasteiger partial charge in [0.1, 0.15) is 24.2 Å². The molecule has 0 aliphatic carbocycles. The summed E-state index contributed by atoms with van der Waals surface area (Å²) in [6, 6.07) is 21.7. The van der Waals surface area contributed by atoms with Crippen molar-refractivity contribution >= 4 is 22.4 Å². The van der Waals surface area contributed by atoms with Gasteiger partial charge in [-0.05, 0) is 42.8 Å². The van der Waals surface area contributed by atoms with Gasteiger partial charge in [-0.1, -0.05) is 48.5 Å². The largest absolute Gasteiger partial charge is 0.490 e. The molecule has 0 saturated carbocycles. The average Bonchev–Trinajstić information content (AvgIpc) is 2.87. The Morgan fingerprint density at radius 3 is 2.64 bits per heavy atom. The quantitative estimate of drug-likeness (QED) is 0.623. The standard InChI is InChI=1S/C27H30N2O4/c30-21(19-32-24-14-8-10-20-9-2-3-11-22(20)24)17-29-18-26(27(31)28-15-6-1-7-16-28)33-25-13-5-4-12-23(25)29/h2-5,8-14,21,26,30H,1,6-7,15-19H2. The number of hydrogen-bond acceptors (Lipinski definition) is 5. The molecule has 2 atom stereocenters. The lowest BCUT2D eigenvalue weighted by molar-refractivity contribution is -0.139. The summed E-state index contributed by atoms with van der Waals surface area (Å²) in [7, 11) is 0. The van der Waals surface area contributed by atoms with E-state index in [0.717, 1.165) is 48.1 Å². The molecular weight excluding hydrogens is 416 g/mol. The first-order valence-corrected chi connectivity index (χ1v) is 11.8. The van der Waals surface area contributed by atoms with Crippen LogP contribution in [0.1, 0.15) is 19.3 Å². The number of rotatable bonds is 6. The zero-order valence-corrected chi connectivity index (χ0v) is 18.7. The zero-order valence-electron chi connectivity index (χ0n) is 18.7. The van der Waals surface area contributed by atoms with Gasteiger partial charge < -0.3 is 24.4 Å². The molecule has 2 unspecified atom stereocenters. The molecule has 1 N–H and O–H groups in total. The lowest BCUT2D eigenvalue weighted by Gasteiger charge is -2.39. The van der Waals surface area contributed by atoms with Crippen molar-refractivity contribution in [3.8, 4) is 11.5 Å². The van der Waals surface area contributed by atoms with Gasteiger partial charge in [-0.3, -0.25) is 4.79 Å². The highest BCUT2D eigenvalue weighted by atomic mass is 16.5. The number of amides is 1. The van der Waals surface area contributed by atoms with E-state index < -0.39 is 12.2 Å². The first kappa shape index (κ1) is 21.6. The third kappa shape index (κ3) is 4.76. The summed E-state index contributed by atoms with van der Waals surface area (Å²) in [6.07, 6.45) is 1.98. The van der Waals surface area contributed by atoms with Crippen molar-refractivity contribution < 1.29 is 19.4 Å². The van der Waals surface area contributed by atoms with Gasteiger partial charge in [0.05, 0.1) is 12.2 Å². The number of ether oxygens (including phenoxy) is 2. The monoisotopic (exact) mass is 446 g/mol. The first-order valence-electron chi connectivity index (χ1n) is 11.8. The summed E-state index contributed by atoms with van der Waals surface area (Å²) in [5.41, 5.74) is 0.893. The van der Waals surface area contributed by atoms with Gasteiger partial charge in [0.25, 0.3) is 5.91 Å². The molecule has 0 aromatic heterocycles. The highest BCUT2D eigenvalue weighted by Gasteiger charge is 2.34. The lowest BCUT2D eigenvalue weighted by atomic mass is 10.1. The van der Waals surface area contributed by atoms with Crippen molar-refractivity contribution in [1.29, 1.82) is 0 Å². The molecule has 0 bridgehead atoms. The molecule has 172 valence electrons. The minimum Gasteiger partial charge on any atom is -0.490 e. The van der Waals surface area contributed by atoms with E-state index in [1.165, 1.54) is 6.42 Å². The van der Waals surface area contributed by atoms with E-state index in [1.54, 1.807) is 0 Å². The summed E-state index contributed by atoms with van der Waals surface area (Å²) in [4.78, 5) is 17.1. The van der Waals surface area contributed by atoms with Gasteiger partial charge in [-0.25, -0.2) is 0 Å². The summed E-state index contributed by atoms with van der Waals surface area (Å²) in [5, 5.41) is 13.0. The van der Waals surface area contributed by atoms with Crippen molar-refractivity contribution in [3.05, 3.63) is 66.7 Å². The number of hydrogen-bond donors (Lipinski definition) is 1. The van der Waals surface area contributed by atoms with Crippen LogP contribution in [0.15, 0.2) is 66.7 Å². The summed E-state index contributed by atoms with van der Waals surface area (Å²) in [6.45, 7) is 2.52. The maximum atomic E-state index is 13.1. The van der Waals surface area contributed by atoms with E-state index >= 15 is 0 Å². The Bertz CT molecular complexity index is 1110. The molecule has 33 heavy (non-hydrogen) atoms. The van der Waals surface area contributed by atoms with Crippen molar-refractivity contribution in [3.63, 3.8) is 0 Å². The lowest BCUT2D eigenvalue weighted by Crippen LogP contribution is -2.53. The number of anilines is 1. The van der Waals surface area contributed by atoms with E-state index in [9.17, 15) is 9.90 Å². The van der Waals surface area contributed by atoms with Crippen LogP contribution < -0.4 is 14.4 Å². The highest BCUT2D eigenvalue weighted by Crippen LogP contribution is 2.34. The van der Waals surface area contributed by atoms with Crippen molar-refractivity contribution in [1.82, 2.24) is 4.90 Å². The Morgan fingerprint density at radius 1 is 1.00 bits per heavy atom. The summed E-state index contributed by atoms with van der Waals surface area (Å²) in [5.74, 6) is 1.48.